The van der Waals surface area contributed by atoms with E-state index in [1.807, 2.05) is 35.2 Å². The zero-order valence-electron chi connectivity index (χ0n) is 16.5. The van der Waals surface area contributed by atoms with Crippen LogP contribution < -0.4 is 14.8 Å². The molecule has 2 aromatic carbocycles. The highest BCUT2D eigenvalue weighted by atomic mass is 16.6. The van der Waals surface area contributed by atoms with E-state index in [1.165, 1.54) is 6.42 Å². The van der Waals surface area contributed by atoms with E-state index in [0.29, 0.717) is 37.3 Å². The van der Waals surface area contributed by atoms with Crippen molar-refractivity contribution in [3.05, 3.63) is 53.6 Å². The Kier molecular flexibility index (Phi) is 5.98. The van der Waals surface area contributed by atoms with Gasteiger partial charge in [-0.2, -0.15) is 0 Å². The first-order valence-corrected chi connectivity index (χ1v) is 10.3. The van der Waals surface area contributed by atoms with Crippen LogP contribution in [-0.4, -0.2) is 43.0 Å². The summed E-state index contributed by atoms with van der Waals surface area (Å²) in [6, 6.07) is 13.0. The molecule has 1 fully saturated rings. The summed E-state index contributed by atoms with van der Waals surface area (Å²) < 4.78 is 11.1. The maximum atomic E-state index is 12.9. The Labute approximate surface area is 170 Å². The van der Waals surface area contributed by atoms with Crippen molar-refractivity contribution < 1.29 is 19.1 Å². The normalized spacial score (nSPS) is 15.7. The van der Waals surface area contributed by atoms with Crippen molar-refractivity contribution in [1.82, 2.24) is 4.90 Å². The van der Waals surface area contributed by atoms with Crippen molar-refractivity contribution in [3.8, 4) is 11.5 Å². The predicted molar refractivity (Wildman–Crippen MR) is 111 cm³/mol. The van der Waals surface area contributed by atoms with E-state index in [4.69, 9.17) is 9.47 Å². The molecule has 0 saturated carbocycles. The second-order valence-corrected chi connectivity index (χ2v) is 7.42. The Morgan fingerprint density at radius 2 is 1.69 bits per heavy atom. The number of nitrogens with zero attached hydrogens (tertiary/aromatic N) is 1. The SMILES string of the molecule is O=C(CCc1ccc2c(c1)OCCO2)Nc1ccccc1C(=O)N1CCCCC1. The van der Waals surface area contributed by atoms with Crippen molar-refractivity contribution in [3.63, 3.8) is 0 Å². The lowest BCUT2D eigenvalue weighted by molar-refractivity contribution is -0.116. The fourth-order valence-corrected chi connectivity index (χ4v) is 3.76. The molecule has 0 bridgehead atoms. The number of nitrogens with one attached hydrogen (secondary N) is 1. The summed E-state index contributed by atoms with van der Waals surface area (Å²) in [6.45, 7) is 2.67. The molecule has 0 aliphatic carbocycles. The van der Waals surface area contributed by atoms with Crippen LogP contribution in [0, 0.1) is 0 Å². The number of para-hydroxylation sites is 1. The van der Waals surface area contributed by atoms with Crippen LogP contribution >= 0.6 is 0 Å². The molecule has 29 heavy (non-hydrogen) atoms. The third-order valence-corrected chi connectivity index (χ3v) is 5.32. The minimum atomic E-state index is -0.112. The van der Waals surface area contributed by atoms with Gasteiger partial charge in [0.05, 0.1) is 11.3 Å². The molecular weight excluding hydrogens is 368 g/mol. The second kappa shape index (κ2) is 8.99. The molecule has 0 spiro atoms. The largest absolute Gasteiger partial charge is 0.486 e. The Bertz CT molecular complexity index is 890. The Morgan fingerprint density at radius 3 is 2.52 bits per heavy atom. The smallest absolute Gasteiger partial charge is 0.255 e. The van der Waals surface area contributed by atoms with Gasteiger partial charge < -0.3 is 19.7 Å². The minimum Gasteiger partial charge on any atom is -0.486 e. The van der Waals surface area contributed by atoms with Gasteiger partial charge >= 0.3 is 0 Å². The fraction of sp³-hybridized carbons (Fsp3) is 0.391. The maximum Gasteiger partial charge on any atom is 0.255 e. The lowest BCUT2D eigenvalue weighted by Crippen LogP contribution is -2.36. The number of hydrogen-bond donors (Lipinski definition) is 1. The molecule has 152 valence electrons. The average Bonchev–Trinajstić information content (AvgIpc) is 2.78. The van der Waals surface area contributed by atoms with E-state index < -0.39 is 0 Å². The Morgan fingerprint density at radius 1 is 0.931 bits per heavy atom. The third kappa shape index (κ3) is 4.70. The first kappa shape index (κ1) is 19.3. The van der Waals surface area contributed by atoms with Crippen molar-refractivity contribution in [2.75, 3.05) is 31.6 Å². The number of likely N-dealkylation sites (tertiary alicyclic amines) is 1. The number of carbonyl (C=O) groups excluding carboxylic acids is 2. The lowest BCUT2D eigenvalue weighted by atomic mass is 10.1. The van der Waals surface area contributed by atoms with Gasteiger partial charge in [0.25, 0.3) is 5.91 Å². The molecule has 6 nitrogen and oxygen atoms in total. The van der Waals surface area contributed by atoms with Crippen molar-refractivity contribution in [2.24, 2.45) is 0 Å². The average molecular weight is 394 g/mol. The molecule has 2 heterocycles. The summed E-state index contributed by atoms with van der Waals surface area (Å²) >= 11 is 0. The molecule has 1 saturated heterocycles. The standard InChI is InChI=1S/C23H26N2O4/c26-22(11-9-17-8-10-20-21(16-17)29-15-14-28-20)24-19-7-3-2-6-18(19)23(27)25-12-4-1-5-13-25/h2-3,6-8,10,16H,1,4-5,9,11-15H2,(H,24,26). The Balaban J connectivity index is 1.38. The topological polar surface area (TPSA) is 67.9 Å². The molecular formula is C23H26N2O4. The van der Waals surface area contributed by atoms with Crippen molar-refractivity contribution in [1.29, 1.82) is 0 Å². The van der Waals surface area contributed by atoms with Crippen LogP contribution in [0.4, 0.5) is 5.69 Å². The number of amides is 2. The quantitative estimate of drug-likeness (QED) is 0.841. The number of rotatable bonds is 5. The molecule has 0 aromatic heterocycles. The molecule has 4 rings (SSSR count). The van der Waals surface area contributed by atoms with E-state index in [0.717, 1.165) is 43.0 Å². The number of benzene rings is 2. The van der Waals surface area contributed by atoms with Crippen molar-refractivity contribution >= 4 is 17.5 Å². The number of anilines is 1. The molecule has 2 amide bonds. The molecule has 2 aromatic rings. The van der Waals surface area contributed by atoms with Crippen LogP contribution in [0.2, 0.25) is 0 Å². The van der Waals surface area contributed by atoms with Gasteiger partial charge in [0.1, 0.15) is 13.2 Å². The summed E-state index contributed by atoms with van der Waals surface area (Å²) in [7, 11) is 0. The maximum absolute atomic E-state index is 12.9. The molecule has 0 radical (unpaired) electrons. The third-order valence-electron chi connectivity index (χ3n) is 5.32. The summed E-state index contributed by atoms with van der Waals surface area (Å²) in [5.74, 6) is 1.35. The highest BCUT2D eigenvalue weighted by Gasteiger charge is 2.21. The molecule has 2 aliphatic heterocycles. The van der Waals surface area contributed by atoms with Gasteiger partial charge in [-0.05, 0) is 55.5 Å². The number of aryl methyl sites for hydroxylation is 1. The van der Waals surface area contributed by atoms with Gasteiger partial charge in [-0.25, -0.2) is 0 Å². The first-order chi connectivity index (χ1) is 14.2. The zero-order valence-corrected chi connectivity index (χ0v) is 16.5. The monoisotopic (exact) mass is 394 g/mol. The molecule has 2 aliphatic rings. The molecule has 0 unspecified atom stereocenters. The van der Waals surface area contributed by atoms with Crippen LogP contribution in [-0.2, 0) is 11.2 Å². The summed E-state index contributed by atoms with van der Waals surface area (Å²) in [5.41, 5.74) is 2.15. The van der Waals surface area contributed by atoms with Crippen molar-refractivity contribution in [2.45, 2.75) is 32.1 Å². The van der Waals surface area contributed by atoms with Gasteiger partial charge in [0.15, 0.2) is 11.5 Å². The van der Waals surface area contributed by atoms with Gasteiger partial charge in [-0.15, -0.1) is 0 Å². The van der Waals surface area contributed by atoms with E-state index >= 15 is 0 Å². The highest BCUT2D eigenvalue weighted by Crippen LogP contribution is 2.31. The highest BCUT2D eigenvalue weighted by molar-refractivity contribution is 6.03. The van der Waals surface area contributed by atoms with Gasteiger partial charge in [0.2, 0.25) is 5.91 Å². The lowest BCUT2D eigenvalue weighted by Gasteiger charge is -2.27. The number of hydrogen-bond acceptors (Lipinski definition) is 4. The molecule has 0 atom stereocenters. The Hall–Kier alpha value is -3.02. The van der Waals surface area contributed by atoms with E-state index in [2.05, 4.69) is 5.32 Å². The summed E-state index contributed by atoms with van der Waals surface area (Å²) in [6.07, 6.45) is 4.16. The van der Waals surface area contributed by atoms with E-state index in [9.17, 15) is 9.59 Å². The number of carbonyl (C=O) groups is 2. The van der Waals surface area contributed by atoms with E-state index in [1.54, 1.807) is 12.1 Å². The van der Waals surface area contributed by atoms with Crippen LogP contribution in [0.3, 0.4) is 0 Å². The first-order valence-electron chi connectivity index (χ1n) is 10.3. The number of piperidine rings is 1. The zero-order chi connectivity index (χ0) is 20.1. The van der Waals surface area contributed by atoms with Crippen LogP contribution in [0.15, 0.2) is 42.5 Å². The number of ether oxygens (including phenoxy) is 2. The fourth-order valence-electron chi connectivity index (χ4n) is 3.76. The minimum absolute atomic E-state index is 0.00700. The van der Waals surface area contributed by atoms with E-state index in [-0.39, 0.29) is 11.8 Å². The van der Waals surface area contributed by atoms with Crippen LogP contribution in [0.1, 0.15) is 41.6 Å². The molecule has 1 N–H and O–H groups in total. The van der Waals surface area contributed by atoms with Gasteiger partial charge in [-0.1, -0.05) is 18.2 Å². The van der Waals surface area contributed by atoms with Gasteiger partial charge in [0, 0.05) is 19.5 Å². The summed E-state index contributed by atoms with van der Waals surface area (Å²) in [4.78, 5) is 27.3. The number of fused-ring (bicyclic) bond motifs is 1. The van der Waals surface area contributed by atoms with Crippen LogP contribution in [0.25, 0.3) is 0 Å². The molecule has 6 heteroatoms. The summed E-state index contributed by atoms with van der Waals surface area (Å²) in [5, 5.41) is 2.92. The second-order valence-electron chi connectivity index (χ2n) is 7.42. The predicted octanol–water partition coefficient (Wildman–Crippen LogP) is 3.66. The van der Waals surface area contributed by atoms with Gasteiger partial charge in [-0.3, -0.25) is 9.59 Å². The van der Waals surface area contributed by atoms with Crippen LogP contribution in [0.5, 0.6) is 11.5 Å².